The molecular formula is C14H17BrF2. The normalized spacial score (nSPS) is 23.1. The van der Waals surface area contributed by atoms with Crippen molar-refractivity contribution in [2.75, 3.05) is 0 Å². The van der Waals surface area contributed by atoms with Gasteiger partial charge in [0.2, 0.25) is 0 Å². The zero-order chi connectivity index (χ0) is 12.8. The SMILES string of the molecule is Cc1c(F)cc(F)c2c1C(Br)CC(C)(C)CC2. The van der Waals surface area contributed by atoms with Crippen LogP contribution in [0.3, 0.4) is 0 Å². The predicted molar refractivity (Wildman–Crippen MR) is 69.5 cm³/mol. The van der Waals surface area contributed by atoms with E-state index in [1.54, 1.807) is 6.92 Å². The van der Waals surface area contributed by atoms with Gasteiger partial charge in [-0.2, -0.15) is 0 Å². The molecule has 0 saturated heterocycles. The quantitative estimate of drug-likeness (QED) is 0.463. The molecule has 0 amide bonds. The standard InChI is InChI=1S/C14H17BrF2/c1-8-11(16)6-12(17)9-4-5-14(2,3)7-10(15)13(8)9/h6,10H,4-5,7H2,1-3H3. The molecule has 94 valence electrons. The van der Waals surface area contributed by atoms with Crippen molar-refractivity contribution < 1.29 is 8.78 Å². The second kappa shape index (κ2) is 4.34. The second-order valence-corrected chi connectivity index (χ2v) is 6.80. The Morgan fingerprint density at radius 3 is 2.59 bits per heavy atom. The Morgan fingerprint density at radius 1 is 1.29 bits per heavy atom. The Labute approximate surface area is 110 Å². The third-order valence-corrected chi connectivity index (χ3v) is 4.51. The van der Waals surface area contributed by atoms with Gasteiger partial charge < -0.3 is 0 Å². The third-order valence-electron chi connectivity index (χ3n) is 3.73. The van der Waals surface area contributed by atoms with Gasteiger partial charge in [0, 0.05) is 10.9 Å². The molecule has 3 heteroatoms. The van der Waals surface area contributed by atoms with Crippen molar-refractivity contribution in [3.8, 4) is 0 Å². The zero-order valence-corrected chi connectivity index (χ0v) is 12.0. The van der Waals surface area contributed by atoms with Crippen LogP contribution in [0.25, 0.3) is 0 Å². The molecule has 2 rings (SSSR count). The van der Waals surface area contributed by atoms with Crippen LogP contribution < -0.4 is 0 Å². The Bertz CT molecular complexity index is 452. The summed E-state index contributed by atoms with van der Waals surface area (Å²) in [6, 6.07) is 1.02. The van der Waals surface area contributed by atoms with E-state index in [1.807, 2.05) is 0 Å². The maximum absolute atomic E-state index is 13.9. The van der Waals surface area contributed by atoms with E-state index in [4.69, 9.17) is 0 Å². The molecule has 0 saturated carbocycles. The third kappa shape index (κ3) is 2.40. The highest BCUT2D eigenvalue weighted by Crippen LogP contribution is 2.45. The minimum Gasteiger partial charge on any atom is -0.207 e. The zero-order valence-electron chi connectivity index (χ0n) is 10.4. The Hall–Kier alpha value is -0.440. The van der Waals surface area contributed by atoms with Gasteiger partial charge in [-0.15, -0.1) is 0 Å². The van der Waals surface area contributed by atoms with Crippen molar-refractivity contribution in [3.63, 3.8) is 0 Å². The summed E-state index contributed by atoms with van der Waals surface area (Å²) in [6.45, 7) is 6.09. The van der Waals surface area contributed by atoms with Gasteiger partial charge in [0.05, 0.1) is 0 Å². The molecule has 0 heterocycles. The summed E-state index contributed by atoms with van der Waals surface area (Å²) in [4.78, 5) is 0.0419. The summed E-state index contributed by atoms with van der Waals surface area (Å²) in [5.74, 6) is -0.837. The van der Waals surface area contributed by atoms with E-state index < -0.39 is 11.6 Å². The van der Waals surface area contributed by atoms with Gasteiger partial charge in [-0.1, -0.05) is 29.8 Å². The summed E-state index contributed by atoms with van der Waals surface area (Å²) in [5.41, 5.74) is 2.26. The van der Waals surface area contributed by atoms with Crippen LogP contribution in [-0.4, -0.2) is 0 Å². The van der Waals surface area contributed by atoms with Crippen LogP contribution in [0.4, 0.5) is 8.78 Å². The smallest absolute Gasteiger partial charge is 0.129 e. The monoisotopic (exact) mass is 302 g/mol. The summed E-state index contributed by atoms with van der Waals surface area (Å²) >= 11 is 3.60. The van der Waals surface area contributed by atoms with Crippen LogP contribution in [-0.2, 0) is 6.42 Å². The predicted octanol–water partition coefficient (Wildman–Crippen LogP) is 5.07. The van der Waals surface area contributed by atoms with Crippen molar-refractivity contribution >= 4 is 15.9 Å². The first-order chi connectivity index (χ1) is 7.82. The van der Waals surface area contributed by atoms with Gasteiger partial charge in [-0.3, -0.25) is 0 Å². The van der Waals surface area contributed by atoms with Gasteiger partial charge in [-0.25, -0.2) is 8.78 Å². The van der Waals surface area contributed by atoms with Crippen LogP contribution in [0.15, 0.2) is 6.07 Å². The number of fused-ring (bicyclic) bond motifs is 1. The molecule has 0 aromatic heterocycles. The number of alkyl halides is 1. The first kappa shape index (κ1) is 13.0. The maximum Gasteiger partial charge on any atom is 0.129 e. The van der Waals surface area contributed by atoms with E-state index in [2.05, 4.69) is 29.8 Å². The van der Waals surface area contributed by atoms with E-state index in [1.165, 1.54) is 0 Å². The average Bonchev–Trinajstić information content (AvgIpc) is 2.31. The van der Waals surface area contributed by atoms with Crippen LogP contribution >= 0.6 is 15.9 Å². The minimum atomic E-state index is -0.439. The molecule has 0 N–H and O–H groups in total. The molecule has 0 bridgehead atoms. The first-order valence-corrected chi connectivity index (χ1v) is 6.85. The number of halogens is 3. The van der Waals surface area contributed by atoms with E-state index in [0.29, 0.717) is 17.5 Å². The molecule has 1 aliphatic rings. The highest BCUT2D eigenvalue weighted by molar-refractivity contribution is 9.09. The number of rotatable bonds is 0. The number of hydrogen-bond donors (Lipinski definition) is 0. The lowest BCUT2D eigenvalue weighted by Gasteiger charge is -2.24. The van der Waals surface area contributed by atoms with Crippen LogP contribution in [0, 0.1) is 24.0 Å². The Kier molecular flexibility index (Phi) is 3.32. The lowest BCUT2D eigenvalue weighted by atomic mass is 9.84. The molecule has 1 atom stereocenters. The fourth-order valence-corrected chi connectivity index (χ4v) is 4.12. The van der Waals surface area contributed by atoms with E-state index in [-0.39, 0.29) is 10.2 Å². The van der Waals surface area contributed by atoms with Gasteiger partial charge in [0.15, 0.2) is 0 Å². The lowest BCUT2D eigenvalue weighted by Crippen LogP contribution is -2.11. The first-order valence-electron chi connectivity index (χ1n) is 5.93. The average molecular weight is 303 g/mol. The molecule has 0 fully saturated rings. The van der Waals surface area contributed by atoms with Crippen molar-refractivity contribution in [2.45, 2.75) is 44.9 Å². The molecule has 1 aromatic carbocycles. The molecule has 1 aliphatic carbocycles. The second-order valence-electron chi connectivity index (χ2n) is 5.69. The minimum absolute atomic E-state index is 0.0419. The van der Waals surface area contributed by atoms with Gasteiger partial charge in [0.25, 0.3) is 0 Å². The summed E-state index contributed by atoms with van der Waals surface area (Å²) in [7, 11) is 0. The van der Waals surface area contributed by atoms with Gasteiger partial charge in [-0.05, 0) is 48.3 Å². The molecule has 17 heavy (non-hydrogen) atoms. The Balaban J connectivity index is 2.59. The fourth-order valence-electron chi connectivity index (χ4n) is 2.62. The highest BCUT2D eigenvalue weighted by atomic mass is 79.9. The van der Waals surface area contributed by atoms with Crippen molar-refractivity contribution in [2.24, 2.45) is 5.41 Å². The summed E-state index contributed by atoms with van der Waals surface area (Å²) < 4.78 is 27.5. The molecule has 0 radical (unpaired) electrons. The van der Waals surface area contributed by atoms with Crippen LogP contribution in [0.1, 0.15) is 48.2 Å². The maximum atomic E-state index is 13.9. The molecule has 0 nitrogen and oxygen atoms in total. The van der Waals surface area contributed by atoms with Crippen LogP contribution in [0.2, 0.25) is 0 Å². The lowest BCUT2D eigenvalue weighted by molar-refractivity contribution is 0.315. The van der Waals surface area contributed by atoms with E-state index >= 15 is 0 Å². The molecule has 1 aromatic rings. The fraction of sp³-hybridized carbons (Fsp3) is 0.571. The van der Waals surface area contributed by atoms with Crippen molar-refractivity contribution in [1.29, 1.82) is 0 Å². The number of hydrogen-bond acceptors (Lipinski definition) is 0. The molecule has 1 unspecified atom stereocenters. The van der Waals surface area contributed by atoms with E-state index in [0.717, 1.165) is 24.5 Å². The molecular weight excluding hydrogens is 286 g/mol. The van der Waals surface area contributed by atoms with Crippen molar-refractivity contribution in [3.05, 3.63) is 34.4 Å². The summed E-state index contributed by atoms with van der Waals surface area (Å²) in [6.07, 6.45) is 2.53. The topological polar surface area (TPSA) is 0 Å². The molecule has 0 spiro atoms. The highest BCUT2D eigenvalue weighted by Gasteiger charge is 2.31. The summed E-state index contributed by atoms with van der Waals surface area (Å²) in [5, 5.41) is 0. The van der Waals surface area contributed by atoms with Gasteiger partial charge in [0.1, 0.15) is 11.6 Å². The largest absolute Gasteiger partial charge is 0.207 e. The molecule has 0 aliphatic heterocycles. The van der Waals surface area contributed by atoms with E-state index in [9.17, 15) is 8.78 Å². The van der Waals surface area contributed by atoms with Gasteiger partial charge >= 0.3 is 0 Å². The van der Waals surface area contributed by atoms with Crippen LogP contribution in [0.5, 0.6) is 0 Å². The van der Waals surface area contributed by atoms with Crippen molar-refractivity contribution in [1.82, 2.24) is 0 Å². The Morgan fingerprint density at radius 2 is 1.94 bits per heavy atom. The number of benzene rings is 1.